The predicted octanol–water partition coefficient (Wildman–Crippen LogP) is 2.55. The Kier molecular flexibility index (Phi) is 6.61. The van der Waals surface area contributed by atoms with E-state index in [2.05, 4.69) is 10.6 Å². The fourth-order valence-electron chi connectivity index (χ4n) is 2.65. The molecular formula is C20H21N3O5S. The van der Waals surface area contributed by atoms with Gasteiger partial charge in [0.25, 0.3) is 5.03 Å². The van der Waals surface area contributed by atoms with E-state index in [1.165, 1.54) is 11.8 Å². The molecule has 8 nitrogen and oxygen atoms in total. The van der Waals surface area contributed by atoms with Crippen molar-refractivity contribution in [2.75, 3.05) is 19.5 Å². The number of aromatic nitrogens is 2. The van der Waals surface area contributed by atoms with Crippen molar-refractivity contribution in [3.8, 4) is 23.1 Å². The second-order valence-electron chi connectivity index (χ2n) is 5.98. The zero-order chi connectivity index (χ0) is 20.8. The lowest BCUT2D eigenvalue weighted by molar-refractivity contribution is -0.705. The Bertz CT molecular complexity index is 978. The molecule has 0 saturated carbocycles. The van der Waals surface area contributed by atoms with Crippen molar-refractivity contribution < 1.29 is 28.6 Å². The number of para-hydroxylation sites is 1. The molecule has 0 fully saturated rings. The Labute approximate surface area is 172 Å². The van der Waals surface area contributed by atoms with Crippen molar-refractivity contribution in [3.63, 3.8) is 0 Å². The van der Waals surface area contributed by atoms with Crippen molar-refractivity contribution in [1.29, 1.82) is 0 Å². The van der Waals surface area contributed by atoms with Gasteiger partial charge in [0, 0.05) is 18.2 Å². The third-order valence-electron chi connectivity index (χ3n) is 4.15. The first-order chi connectivity index (χ1) is 14.1. The number of amides is 1. The summed E-state index contributed by atoms with van der Waals surface area (Å²) in [5, 5.41) is 18.5. The molecule has 9 heteroatoms. The molecule has 1 unspecified atom stereocenters. The Morgan fingerprint density at radius 3 is 2.66 bits per heavy atom. The van der Waals surface area contributed by atoms with Crippen LogP contribution in [0.2, 0.25) is 0 Å². The molecule has 0 bridgehead atoms. The molecule has 0 spiro atoms. The van der Waals surface area contributed by atoms with Crippen molar-refractivity contribution in [3.05, 3.63) is 48.5 Å². The van der Waals surface area contributed by atoms with Crippen molar-refractivity contribution in [2.45, 2.75) is 23.6 Å². The van der Waals surface area contributed by atoms with E-state index >= 15 is 0 Å². The number of methoxy groups -OCH3 is 2. The summed E-state index contributed by atoms with van der Waals surface area (Å²) in [5.74, 6) is 0.228. The van der Waals surface area contributed by atoms with Crippen LogP contribution in [0.1, 0.15) is 13.3 Å². The van der Waals surface area contributed by atoms with Gasteiger partial charge in [0.15, 0.2) is 5.95 Å². The first-order valence-electron chi connectivity index (χ1n) is 8.91. The summed E-state index contributed by atoms with van der Waals surface area (Å²) in [5.41, 5.74) is 1.16. The highest BCUT2D eigenvalue weighted by Gasteiger charge is 2.28. The van der Waals surface area contributed by atoms with Crippen LogP contribution in [0.3, 0.4) is 0 Å². The highest BCUT2D eigenvalue weighted by atomic mass is 32.2. The fraction of sp³-hybridized carbons (Fsp3) is 0.250. The maximum Gasteiger partial charge on any atom is 0.298 e. The van der Waals surface area contributed by atoms with Gasteiger partial charge in [-0.25, -0.2) is 0 Å². The minimum atomic E-state index is -0.593. The van der Waals surface area contributed by atoms with Crippen LogP contribution in [-0.4, -0.2) is 30.6 Å². The lowest BCUT2D eigenvalue weighted by atomic mass is 10.2. The average molecular weight is 415 g/mol. The lowest BCUT2D eigenvalue weighted by Gasteiger charge is -2.15. The van der Waals surface area contributed by atoms with Crippen LogP contribution in [-0.2, 0) is 4.79 Å². The van der Waals surface area contributed by atoms with E-state index < -0.39 is 11.2 Å². The van der Waals surface area contributed by atoms with E-state index in [1.54, 1.807) is 37.4 Å². The number of carbonyl (C=O) groups excluding carboxylic acids is 1. The summed E-state index contributed by atoms with van der Waals surface area (Å²) in [7, 11) is 3.06. The van der Waals surface area contributed by atoms with Gasteiger partial charge in [0.2, 0.25) is 11.6 Å². The van der Waals surface area contributed by atoms with Gasteiger partial charge in [-0.3, -0.25) is 4.79 Å². The number of thioether (sulfide) groups is 1. The fourth-order valence-corrected chi connectivity index (χ4v) is 3.63. The van der Waals surface area contributed by atoms with Gasteiger partial charge < -0.3 is 24.4 Å². The standard InChI is InChI=1S/C20H21N3O5S/c1-4-17(18(24)21-15-12-14(26-2)10-11-16(15)27-3)29-19-20(25)28-22-23(19)13-8-6-5-7-9-13/h5-12,17H,4H2,1-3H3,(H-,21,22,24,25). The summed E-state index contributed by atoms with van der Waals surface area (Å²) in [4.78, 5) is 12.9. The minimum Gasteiger partial charge on any atom is -0.538 e. The third kappa shape index (κ3) is 4.62. The Morgan fingerprint density at radius 1 is 1.24 bits per heavy atom. The van der Waals surface area contributed by atoms with Crippen LogP contribution >= 0.6 is 11.8 Å². The first kappa shape index (κ1) is 20.5. The molecule has 1 aromatic heterocycles. The van der Waals surface area contributed by atoms with Crippen molar-refractivity contribution >= 4 is 23.4 Å². The van der Waals surface area contributed by atoms with Crippen molar-refractivity contribution in [2.24, 2.45) is 0 Å². The molecule has 0 aliphatic rings. The number of rotatable bonds is 8. The summed E-state index contributed by atoms with van der Waals surface area (Å²) in [6.45, 7) is 1.87. The van der Waals surface area contributed by atoms with Gasteiger partial charge in [-0.1, -0.05) is 25.1 Å². The summed E-state index contributed by atoms with van der Waals surface area (Å²) >= 11 is 1.10. The molecule has 1 amide bonds. The SMILES string of the molecule is CCC(Sc1c([O-])on[n+]1-c1ccccc1)C(=O)Nc1cc(OC)ccc1OC. The monoisotopic (exact) mass is 415 g/mol. The molecule has 1 atom stereocenters. The number of anilines is 1. The molecule has 29 heavy (non-hydrogen) atoms. The zero-order valence-corrected chi connectivity index (χ0v) is 17.1. The molecule has 0 radical (unpaired) electrons. The van der Waals surface area contributed by atoms with Gasteiger partial charge in [0.1, 0.15) is 11.5 Å². The van der Waals surface area contributed by atoms with Gasteiger partial charge in [0.05, 0.1) is 30.4 Å². The van der Waals surface area contributed by atoms with Gasteiger partial charge in [-0.15, -0.1) is 0 Å². The molecular weight excluding hydrogens is 394 g/mol. The van der Waals surface area contributed by atoms with E-state index in [9.17, 15) is 9.90 Å². The molecule has 2 aromatic carbocycles. The molecule has 0 aliphatic carbocycles. The molecule has 3 aromatic rings. The molecule has 0 aliphatic heterocycles. The maximum absolute atomic E-state index is 12.9. The van der Waals surface area contributed by atoms with Gasteiger partial charge in [-0.2, -0.15) is 0 Å². The highest BCUT2D eigenvalue weighted by Crippen LogP contribution is 2.32. The largest absolute Gasteiger partial charge is 0.538 e. The molecule has 152 valence electrons. The summed E-state index contributed by atoms with van der Waals surface area (Å²) < 4.78 is 16.7. The predicted molar refractivity (Wildman–Crippen MR) is 106 cm³/mol. The van der Waals surface area contributed by atoms with Crippen LogP contribution < -0.4 is 24.6 Å². The van der Waals surface area contributed by atoms with E-state index in [4.69, 9.17) is 14.0 Å². The zero-order valence-electron chi connectivity index (χ0n) is 16.2. The molecule has 1 N–H and O–H groups in total. The summed E-state index contributed by atoms with van der Waals surface area (Å²) in [6.07, 6.45) is 0.488. The number of ether oxygens (including phenoxy) is 2. The summed E-state index contributed by atoms with van der Waals surface area (Å²) in [6, 6.07) is 14.2. The highest BCUT2D eigenvalue weighted by molar-refractivity contribution is 8.00. The number of nitrogens with zero attached hydrogens (tertiary/aromatic N) is 2. The lowest BCUT2D eigenvalue weighted by Crippen LogP contribution is -2.36. The van der Waals surface area contributed by atoms with E-state index in [1.807, 2.05) is 25.1 Å². The molecule has 1 heterocycles. The minimum absolute atomic E-state index is 0.232. The van der Waals surface area contributed by atoms with Crippen LogP contribution in [0.4, 0.5) is 5.69 Å². The smallest absolute Gasteiger partial charge is 0.298 e. The van der Waals surface area contributed by atoms with Gasteiger partial charge in [-0.05, 0) is 35.0 Å². The second-order valence-corrected chi connectivity index (χ2v) is 7.17. The maximum atomic E-state index is 12.9. The normalized spacial score (nSPS) is 11.7. The Hall–Kier alpha value is -3.20. The van der Waals surface area contributed by atoms with E-state index in [0.717, 1.165) is 11.8 Å². The van der Waals surface area contributed by atoms with Gasteiger partial charge >= 0.3 is 0 Å². The average Bonchev–Trinajstić information content (AvgIpc) is 3.12. The number of hydrogen-bond acceptors (Lipinski definition) is 7. The second kappa shape index (κ2) is 9.33. The van der Waals surface area contributed by atoms with Crippen LogP contribution in [0.15, 0.2) is 58.1 Å². The van der Waals surface area contributed by atoms with E-state index in [-0.39, 0.29) is 10.9 Å². The number of benzene rings is 2. The number of nitrogens with one attached hydrogen (secondary N) is 1. The third-order valence-corrected chi connectivity index (χ3v) is 5.55. The van der Waals surface area contributed by atoms with E-state index in [0.29, 0.717) is 29.3 Å². The Balaban J connectivity index is 1.83. The van der Waals surface area contributed by atoms with Crippen LogP contribution in [0.25, 0.3) is 5.69 Å². The molecule has 3 rings (SSSR count). The van der Waals surface area contributed by atoms with Crippen molar-refractivity contribution in [1.82, 2.24) is 5.27 Å². The van der Waals surface area contributed by atoms with Crippen LogP contribution in [0.5, 0.6) is 17.4 Å². The molecule has 0 saturated heterocycles. The topological polar surface area (TPSA) is 101 Å². The number of hydrogen-bond donors (Lipinski definition) is 1. The van der Waals surface area contributed by atoms with Crippen LogP contribution in [0, 0.1) is 0 Å². The quantitative estimate of drug-likeness (QED) is 0.446. The Morgan fingerprint density at radius 2 is 2.00 bits per heavy atom. The first-order valence-corrected chi connectivity index (χ1v) is 9.79. The number of carbonyl (C=O) groups is 1.